The van der Waals surface area contributed by atoms with Crippen LogP contribution in [0.3, 0.4) is 0 Å². The molecule has 59 heavy (non-hydrogen) atoms. The zero-order valence-electron chi connectivity index (χ0n) is 39.6. The second-order valence-corrected chi connectivity index (χ2v) is 18.1. The first-order chi connectivity index (χ1) is 29.1. The predicted octanol–water partition coefficient (Wildman–Crippen LogP) is 15.9. The Hall–Kier alpha value is -1.43. The third-order valence-corrected chi connectivity index (χ3v) is 12.2. The Labute approximate surface area is 368 Å². The first kappa shape index (κ1) is 57.6. The molecule has 0 saturated carbocycles. The number of aliphatic hydroxyl groups excluding tert-OH is 3. The van der Waals surface area contributed by atoms with E-state index in [0.717, 1.165) is 38.5 Å². The summed E-state index contributed by atoms with van der Waals surface area (Å²) in [6.07, 6.45) is 63.5. The first-order valence-electron chi connectivity index (χ1n) is 26.3. The Morgan fingerprint density at radius 2 is 0.695 bits per heavy atom. The van der Waals surface area contributed by atoms with Crippen molar-refractivity contribution < 1.29 is 20.1 Å². The molecule has 0 aromatic rings. The quantitative estimate of drug-likeness (QED) is 0.0363. The van der Waals surface area contributed by atoms with Crippen LogP contribution in [0.25, 0.3) is 0 Å². The van der Waals surface area contributed by atoms with Gasteiger partial charge in [-0.1, -0.05) is 256 Å². The number of carbonyl (C=O) groups excluding carboxylic acids is 1. The van der Waals surface area contributed by atoms with Gasteiger partial charge in [-0.3, -0.25) is 4.79 Å². The van der Waals surface area contributed by atoms with Crippen LogP contribution in [0, 0.1) is 0 Å². The standard InChI is InChI=1S/C54H103NO4/c1-3-5-7-9-11-13-15-17-19-21-22-23-24-25-26-27-28-29-30-31-33-35-37-39-41-43-45-47-49-53(58)54(59)55-51(50-56)52(57)48-46-44-42-40-38-36-34-32-20-18-16-14-12-10-8-6-4-2/h25-26,38,40,46,48,51-53,56-58H,3-24,27-37,39,41-45,47,49-50H2,1-2H3,(H,55,59)/b26-25-,40-38+,48-46+. The van der Waals surface area contributed by atoms with Crippen molar-refractivity contribution >= 4 is 5.91 Å². The van der Waals surface area contributed by atoms with Crippen LogP contribution >= 0.6 is 0 Å². The molecule has 0 aliphatic rings. The van der Waals surface area contributed by atoms with Crippen LogP contribution in [-0.2, 0) is 4.79 Å². The lowest BCUT2D eigenvalue weighted by atomic mass is 10.0. The van der Waals surface area contributed by atoms with Gasteiger partial charge in [0.1, 0.15) is 6.10 Å². The van der Waals surface area contributed by atoms with Crippen LogP contribution in [0.4, 0.5) is 0 Å². The Morgan fingerprint density at radius 3 is 1.03 bits per heavy atom. The molecule has 3 unspecified atom stereocenters. The number of hydrogen-bond acceptors (Lipinski definition) is 4. The number of amides is 1. The Kier molecular flexibility index (Phi) is 48.0. The maximum absolute atomic E-state index is 12.5. The lowest BCUT2D eigenvalue weighted by molar-refractivity contribution is -0.131. The summed E-state index contributed by atoms with van der Waals surface area (Å²) in [5.74, 6) is -0.511. The second kappa shape index (κ2) is 49.2. The Bertz CT molecular complexity index is 916. The van der Waals surface area contributed by atoms with Crippen LogP contribution in [-0.4, -0.2) is 46.1 Å². The molecule has 5 heteroatoms. The third kappa shape index (κ3) is 44.4. The summed E-state index contributed by atoms with van der Waals surface area (Å²) in [7, 11) is 0. The van der Waals surface area contributed by atoms with E-state index in [1.807, 2.05) is 6.08 Å². The summed E-state index contributed by atoms with van der Waals surface area (Å²) in [6, 6.07) is -0.814. The summed E-state index contributed by atoms with van der Waals surface area (Å²) in [4.78, 5) is 12.5. The fraction of sp³-hybridized carbons (Fsp3) is 0.870. The monoisotopic (exact) mass is 830 g/mol. The zero-order valence-corrected chi connectivity index (χ0v) is 39.6. The van der Waals surface area contributed by atoms with E-state index in [-0.39, 0.29) is 6.61 Å². The van der Waals surface area contributed by atoms with E-state index >= 15 is 0 Å². The van der Waals surface area contributed by atoms with E-state index in [1.54, 1.807) is 6.08 Å². The van der Waals surface area contributed by atoms with Crippen LogP contribution in [0.2, 0.25) is 0 Å². The van der Waals surface area contributed by atoms with Crippen molar-refractivity contribution in [1.82, 2.24) is 5.32 Å². The lowest BCUT2D eigenvalue weighted by Crippen LogP contribution is -2.48. The minimum atomic E-state index is -1.11. The first-order valence-corrected chi connectivity index (χ1v) is 26.3. The van der Waals surface area contributed by atoms with Crippen LogP contribution in [0.15, 0.2) is 36.5 Å². The van der Waals surface area contributed by atoms with Crippen molar-refractivity contribution in [3.8, 4) is 0 Å². The third-order valence-electron chi connectivity index (χ3n) is 12.2. The van der Waals surface area contributed by atoms with Gasteiger partial charge in [-0.15, -0.1) is 0 Å². The van der Waals surface area contributed by atoms with Gasteiger partial charge in [0.2, 0.25) is 5.91 Å². The van der Waals surface area contributed by atoms with Crippen molar-refractivity contribution in [1.29, 1.82) is 0 Å². The summed E-state index contributed by atoms with van der Waals surface area (Å²) < 4.78 is 0. The molecule has 0 spiro atoms. The molecule has 0 saturated heterocycles. The van der Waals surface area contributed by atoms with Gasteiger partial charge in [-0.2, -0.15) is 0 Å². The molecule has 0 fully saturated rings. The van der Waals surface area contributed by atoms with E-state index in [2.05, 4.69) is 43.5 Å². The molecule has 4 N–H and O–H groups in total. The van der Waals surface area contributed by atoms with Crippen molar-refractivity contribution in [3.05, 3.63) is 36.5 Å². The Morgan fingerprint density at radius 1 is 0.407 bits per heavy atom. The fourth-order valence-corrected chi connectivity index (χ4v) is 8.08. The van der Waals surface area contributed by atoms with Crippen LogP contribution in [0.1, 0.15) is 277 Å². The van der Waals surface area contributed by atoms with Gasteiger partial charge in [0.25, 0.3) is 0 Å². The number of carbonyl (C=O) groups is 1. The van der Waals surface area contributed by atoms with Crippen molar-refractivity contribution in [3.63, 3.8) is 0 Å². The summed E-state index contributed by atoms with van der Waals surface area (Å²) in [5.41, 5.74) is 0. The summed E-state index contributed by atoms with van der Waals surface area (Å²) >= 11 is 0. The van der Waals surface area contributed by atoms with Gasteiger partial charge in [0.05, 0.1) is 18.8 Å². The molecule has 1 amide bonds. The maximum Gasteiger partial charge on any atom is 0.249 e. The number of unbranched alkanes of at least 4 members (excludes halogenated alkanes) is 36. The molecule has 0 rings (SSSR count). The number of hydrogen-bond donors (Lipinski definition) is 4. The lowest BCUT2D eigenvalue weighted by Gasteiger charge is -2.21. The van der Waals surface area contributed by atoms with Gasteiger partial charge in [0, 0.05) is 0 Å². The zero-order chi connectivity index (χ0) is 43.0. The molecule has 348 valence electrons. The molecule has 0 aliphatic heterocycles. The highest BCUT2D eigenvalue weighted by atomic mass is 16.3. The van der Waals surface area contributed by atoms with E-state index in [9.17, 15) is 20.1 Å². The van der Waals surface area contributed by atoms with Crippen LogP contribution in [0.5, 0.6) is 0 Å². The molecular weight excluding hydrogens is 727 g/mol. The topological polar surface area (TPSA) is 89.8 Å². The average molecular weight is 830 g/mol. The van der Waals surface area contributed by atoms with Gasteiger partial charge in [0.15, 0.2) is 0 Å². The maximum atomic E-state index is 12.5. The molecule has 0 aromatic carbocycles. The molecule has 0 aliphatic carbocycles. The SMILES string of the molecule is CCCCCCCCCCCCC/C=C/CC/C=C/C(O)C(CO)NC(=O)C(O)CCCCCCCCCCCCCC/C=C\CCCCCCCCCCCCCC. The highest BCUT2D eigenvalue weighted by Crippen LogP contribution is 2.16. The number of nitrogens with one attached hydrogen (secondary N) is 1. The van der Waals surface area contributed by atoms with Crippen LogP contribution < -0.4 is 5.32 Å². The van der Waals surface area contributed by atoms with Crippen molar-refractivity contribution in [2.75, 3.05) is 6.61 Å². The van der Waals surface area contributed by atoms with Gasteiger partial charge in [-0.25, -0.2) is 0 Å². The molecule has 0 heterocycles. The normalized spacial score (nSPS) is 13.6. The molecule has 0 radical (unpaired) electrons. The molecule has 0 bridgehead atoms. The van der Waals surface area contributed by atoms with Gasteiger partial charge in [-0.05, 0) is 57.8 Å². The fourth-order valence-electron chi connectivity index (χ4n) is 8.08. The minimum Gasteiger partial charge on any atom is -0.394 e. The summed E-state index contributed by atoms with van der Waals surface area (Å²) in [6.45, 7) is 4.19. The highest BCUT2D eigenvalue weighted by Gasteiger charge is 2.22. The van der Waals surface area contributed by atoms with Gasteiger partial charge >= 0.3 is 0 Å². The second-order valence-electron chi connectivity index (χ2n) is 18.1. The Balaban J connectivity index is 3.60. The number of aliphatic hydroxyl groups is 3. The molecule has 5 nitrogen and oxygen atoms in total. The van der Waals surface area contributed by atoms with Gasteiger partial charge < -0.3 is 20.6 Å². The van der Waals surface area contributed by atoms with E-state index in [0.29, 0.717) is 6.42 Å². The highest BCUT2D eigenvalue weighted by molar-refractivity contribution is 5.80. The molecule has 3 atom stereocenters. The van der Waals surface area contributed by atoms with Crippen molar-refractivity contribution in [2.24, 2.45) is 0 Å². The molecular formula is C54H103NO4. The van der Waals surface area contributed by atoms with E-state index < -0.39 is 24.2 Å². The van der Waals surface area contributed by atoms with E-state index in [1.165, 1.54) is 218 Å². The summed E-state index contributed by atoms with van der Waals surface area (Å²) in [5, 5.41) is 33.2. The molecule has 0 aromatic heterocycles. The number of rotatable bonds is 48. The number of allylic oxidation sites excluding steroid dienone is 5. The predicted molar refractivity (Wildman–Crippen MR) is 259 cm³/mol. The minimum absolute atomic E-state index is 0.375. The smallest absolute Gasteiger partial charge is 0.249 e. The van der Waals surface area contributed by atoms with Crippen molar-refractivity contribution in [2.45, 2.75) is 295 Å². The average Bonchev–Trinajstić information content (AvgIpc) is 3.24. The van der Waals surface area contributed by atoms with E-state index in [4.69, 9.17) is 0 Å². The largest absolute Gasteiger partial charge is 0.394 e.